The van der Waals surface area contributed by atoms with Crippen LogP contribution in [0.1, 0.15) is 42.6 Å². The van der Waals surface area contributed by atoms with Crippen LogP contribution in [0.15, 0.2) is 24.0 Å². The standard InChI is InChI=1S/C16H18N4O3S/c1-20(16(15(22)23)5-3-2-4-6-16)14(21)12-10-24-13(19-12)11-9-17-7-8-18-11/h7-10H,2-6H2,1H3,(H,22,23). The van der Waals surface area contributed by atoms with E-state index >= 15 is 0 Å². The first-order chi connectivity index (χ1) is 11.5. The lowest BCUT2D eigenvalue weighted by molar-refractivity contribution is -0.151. The Morgan fingerprint density at radius 3 is 2.62 bits per heavy atom. The van der Waals surface area contributed by atoms with E-state index in [1.165, 1.54) is 16.2 Å². The molecular formula is C16H18N4O3S. The quantitative estimate of drug-likeness (QED) is 0.913. The highest BCUT2D eigenvalue weighted by atomic mass is 32.1. The Bertz CT molecular complexity index is 741. The number of carbonyl (C=O) groups excluding carboxylic acids is 1. The zero-order chi connectivity index (χ0) is 17.2. The van der Waals surface area contributed by atoms with Gasteiger partial charge in [0.05, 0.1) is 6.20 Å². The van der Waals surface area contributed by atoms with Crippen molar-refractivity contribution in [3.63, 3.8) is 0 Å². The van der Waals surface area contributed by atoms with Crippen molar-refractivity contribution in [1.29, 1.82) is 0 Å². The fourth-order valence-electron chi connectivity index (χ4n) is 3.09. The summed E-state index contributed by atoms with van der Waals surface area (Å²) in [6.07, 6.45) is 8.29. The van der Waals surface area contributed by atoms with E-state index in [1.54, 1.807) is 31.0 Å². The van der Waals surface area contributed by atoms with Gasteiger partial charge in [-0.25, -0.2) is 9.78 Å². The second-order valence-electron chi connectivity index (χ2n) is 5.89. The third-order valence-electron chi connectivity index (χ3n) is 4.53. The first-order valence-corrected chi connectivity index (χ1v) is 8.66. The van der Waals surface area contributed by atoms with Gasteiger partial charge in [0, 0.05) is 24.8 Å². The lowest BCUT2D eigenvalue weighted by Crippen LogP contribution is -2.56. The van der Waals surface area contributed by atoms with Crippen molar-refractivity contribution in [3.05, 3.63) is 29.7 Å². The largest absolute Gasteiger partial charge is 0.479 e. The number of rotatable bonds is 4. The van der Waals surface area contributed by atoms with E-state index < -0.39 is 11.5 Å². The highest BCUT2D eigenvalue weighted by molar-refractivity contribution is 7.13. The van der Waals surface area contributed by atoms with Gasteiger partial charge in [0.1, 0.15) is 21.9 Å². The van der Waals surface area contributed by atoms with Gasteiger partial charge in [0.25, 0.3) is 5.91 Å². The van der Waals surface area contributed by atoms with E-state index in [9.17, 15) is 14.7 Å². The van der Waals surface area contributed by atoms with Crippen molar-refractivity contribution in [2.45, 2.75) is 37.6 Å². The summed E-state index contributed by atoms with van der Waals surface area (Å²) in [5.41, 5.74) is -0.296. The van der Waals surface area contributed by atoms with Crippen LogP contribution in [0.25, 0.3) is 10.7 Å². The van der Waals surface area contributed by atoms with Crippen molar-refractivity contribution in [2.24, 2.45) is 0 Å². The van der Waals surface area contributed by atoms with Gasteiger partial charge in [-0.1, -0.05) is 19.3 Å². The minimum absolute atomic E-state index is 0.245. The molecule has 24 heavy (non-hydrogen) atoms. The van der Waals surface area contributed by atoms with Crippen LogP contribution >= 0.6 is 11.3 Å². The molecule has 0 bridgehead atoms. The van der Waals surface area contributed by atoms with Gasteiger partial charge < -0.3 is 10.0 Å². The molecule has 0 saturated heterocycles. The minimum Gasteiger partial charge on any atom is -0.479 e. The molecule has 0 aliphatic heterocycles. The smallest absolute Gasteiger partial charge is 0.329 e. The van der Waals surface area contributed by atoms with Gasteiger partial charge in [0.15, 0.2) is 0 Å². The van der Waals surface area contributed by atoms with Crippen LogP contribution in [0.4, 0.5) is 0 Å². The molecule has 1 saturated carbocycles. The monoisotopic (exact) mass is 346 g/mol. The van der Waals surface area contributed by atoms with Crippen molar-refractivity contribution < 1.29 is 14.7 Å². The molecule has 126 valence electrons. The van der Waals surface area contributed by atoms with Gasteiger partial charge in [-0.15, -0.1) is 11.3 Å². The lowest BCUT2D eigenvalue weighted by atomic mass is 9.80. The van der Waals surface area contributed by atoms with Crippen LogP contribution in [0, 0.1) is 0 Å². The highest BCUT2D eigenvalue weighted by Gasteiger charge is 2.46. The predicted octanol–water partition coefficient (Wildman–Crippen LogP) is 2.46. The van der Waals surface area contributed by atoms with E-state index in [2.05, 4.69) is 15.0 Å². The number of carbonyl (C=O) groups is 2. The molecule has 7 nitrogen and oxygen atoms in total. The molecule has 1 amide bonds. The van der Waals surface area contributed by atoms with E-state index in [-0.39, 0.29) is 11.6 Å². The molecule has 0 unspecified atom stereocenters. The first kappa shape index (κ1) is 16.5. The average Bonchev–Trinajstić information content (AvgIpc) is 3.12. The zero-order valence-corrected chi connectivity index (χ0v) is 14.1. The van der Waals surface area contributed by atoms with Crippen LogP contribution in [-0.4, -0.2) is 49.4 Å². The number of hydrogen-bond acceptors (Lipinski definition) is 6. The summed E-state index contributed by atoms with van der Waals surface area (Å²) in [5.74, 6) is -1.31. The maximum atomic E-state index is 12.8. The number of carboxylic acid groups (broad SMARTS) is 1. The molecule has 3 rings (SSSR count). The number of amides is 1. The number of carboxylic acids is 1. The third-order valence-corrected chi connectivity index (χ3v) is 5.40. The fourth-order valence-corrected chi connectivity index (χ4v) is 3.85. The molecule has 2 heterocycles. The average molecular weight is 346 g/mol. The molecule has 2 aromatic heterocycles. The molecule has 0 aromatic carbocycles. The number of aromatic nitrogens is 3. The van der Waals surface area contributed by atoms with Gasteiger partial charge >= 0.3 is 5.97 Å². The maximum absolute atomic E-state index is 12.8. The molecular weight excluding hydrogens is 328 g/mol. The summed E-state index contributed by atoms with van der Waals surface area (Å²) in [7, 11) is 1.56. The molecule has 0 atom stereocenters. The van der Waals surface area contributed by atoms with Gasteiger partial charge in [-0.2, -0.15) is 0 Å². The molecule has 1 fully saturated rings. The third kappa shape index (κ3) is 2.89. The second kappa shape index (κ2) is 6.64. The van der Waals surface area contributed by atoms with E-state index in [0.717, 1.165) is 19.3 Å². The van der Waals surface area contributed by atoms with Gasteiger partial charge in [-0.05, 0) is 12.8 Å². The Balaban J connectivity index is 1.86. The van der Waals surface area contributed by atoms with Gasteiger partial charge in [-0.3, -0.25) is 14.8 Å². The molecule has 2 aromatic rings. The normalized spacial score (nSPS) is 16.5. The highest BCUT2D eigenvalue weighted by Crippen LogP contribution is 2.34. The summed E-state index contributed by atoms with van der Waals surface area (Å²) < 4.78 is 0. The van der Waals surface area contributed by atoms with Crippen molar-refractivity contribution >= 4 is 23.2 Å². The molecule has 1 aliphatic carbocycles. The van der Waals surface area contributed by atoms with Crippen LogP contribution < -0.4 is 0 Å². The van der Waals surface area contributed by atoms with Crippen molar-refractivity contribution in [2.75, 3.05) is 7.05 Å². The Hall–Kier alpha value is -2.35. The minimum atomic E-state index is -1.13. The fraction of sp³-hybridized carbons (Fsp3) is 0.438. The number of hydrogen-bond donors (Lipinski definition) is 1. The molecule has 1 aliphatic rings. The molecule has 0 radical (unpaired) electrons. The molecule has 1 N–H and O–H groups in total. The summed E-state index contributed by atoms with van der Waals surface area (Å²) >= 11 is 1.29. The van der Waals surface area contributed by atoms with Crippen LogP contribution in [-0.2, 0) is 4.79 Å². The lowest BCUT2D eigenvalue weighted by Gasteiger charge is -2.40. The van der Waals surface area contributed by atoms with Gasteiger partial charge in [0.2, 0.25) is 0 Å². The Morgan fingerprint density at radius 2 is 2.00 bits per heavy atom. The molecule has 8 heteroatoms. The maximum Gasteiger partial charge on any atom is 0.329 e. The number of thiazole rings is 1. The summed E-state index contributed by atoms with van der Waals surface area (Å²) in [5, 5.41) is 11.9. The van der Waals surface area contributed by atoms with E-state index in [0.29, 0.717) is 23.5 Å². The second-order valence-corrected chi connectivity index (χ2v) is 6.75. The number of aliphatic carboxylic acids is 1. The number of nitrogens with zero attached hydrogens (tertiary/aromatic N) is 4. The summed E-state index contributed by atoms with van der Waals surface area (Å²) in [6.45, 7) is 0. The van der Waals surface area contributed by atoms with Crippen LogP contribution in [0.5, 0.6) is 0 Å². The SMILES string of the molecule is CN(C(=O)c1csc(-c2cnccn2)n1)C1(C(=O)O)CCCCC1. The predicted molar refractivity (Wildman–Crippen MR) is 88.7 cm³/mol. The van der Waals surface area contributed by atoms with E-state index in [1.807, 2.05) is 0 Å². The summed E-state index contributed by atoms with van der Waals surface area (Å²) in [6, 6.07) is 0. The molecule has 0 spiro atoms. The Morgan fingerprint density at radius 1 is 1.25 bits per heavy atom. The number of likely N-dealkylation sites (N-methyl/N-ethyl adjacent to an activating group) is 1. The zero-order valence-electron chi connectivity index (χ0n) is 13.3. The Kier molecular flexibility index (Phi) is 4.57. The first-order valence-electron chi connectivity index (χ1n) is 7.78. The topological polar surface area (TPSA) is 96.3 Å². The van der Waals surface area contributed by atoms with Crippen LogP contribution in [0.3, 0.4) is 0 Å². The van der Waals surface area contributed by atoms with Crippen molar-refractivity contribution in [1.82, 2.24) is 19.9 Å². The Labute approximate surface area is 143 Å². The summed E-state index contributed by atoms with van der Waals surface area (Å²) in [4.78, 5) is 38.4. The van der Waals surface area contributed by atoms with Crippen molar-refractivity contribution in [3.8, 4) is 10.7 Å². The van der Waals surface area contributed by atoms with E-state index in [4.69, 9.17) is 0 Å². The van der Waals surface area contributed by atoms with Crippen LogP contribution in [0.2, 0.25) is 0 Å².